The summed E-state index contributed by atoms with van der Waals surface area (Å²) in [6.07, 6.45) is 12.5. The number of halogens is 1. The van der Waals surface area contributed by atoms with E-state index in [1.54, 1.807) is 19.3 Å². The lowest BCUT2D eigenvalue weighted by atomic mass is 9.81. The zero-order valence-corrected chi connectivity index (χ0v) is 27.4. The number of imidazole rings is 1. The number of pyridine rings is 2. The second-order valence-corrected chi connectivity index (χ2v) is 13.3. The summed E-state index contributed by atoms with van der Waals surface area (Å²) in [6.45, 7) is 10.5. The number of anilines is 1. The molecule has 45 heavy (non-hydrogen) atoms. The predicted molar refractivity (Wildman–Crippen MR) is 175 cm³/mol. The molecule has 0 radical (unpaired) electrons. The van der Waals surface area contributed by atoms with Crippen LogP contribution in [-0.4, -0.2) is 65.6 Å². The zero-order valence-electron chi connectivity index (χ0n) is 26.6. The first kappa shape index (κ1) is 31.3. The van der Waals surface area contributed by atoms with Crippen LogP contribution in [0.3, 0.4) is 0 Å². The van der Waals surface area contributed by atoms with Crippen LogP contribution < -0.4 is 10.7 Å². The molecule has 0 unspecified atom stereocenters. The molecule has 240 valence electrons. The number of nitrogens with zero attached hydrogens (tertiary/aromatic N) is 7. The standard InChI is InChI=1S/C33H43ClN8O3/c1-5-6-7-28-21(3)40(14-15-41(28)22(4)43)32-37-26-17-27(31-38-33(44)45-39-31)36-29(24-16-25(34)19-35-18-24)30(26)42(32)13-12-23-10-8-20(2)9-11-23/h16-21,23,28H,5-15H2,1-4H3,(H,38,39,44)/t20?,21-,23?,28-/m1/s1. The average Bonchev–Trinajstić information content (AvgIpc) is 3.62. The molecule has 1 N–H and O–H groups in total. The van der Waals surface area contributed by atoms with Gasteiger partial charge in [-0.1, -0.05) is 69.1 Å². The summed E-state index contributed by atoms with van der Waals surface area (Å²) in [5, 5.41) is 4.41. The van der Waals surface area contributed by atoms with E-state index in [-0.39, 0.29) is 23.8 Å². The third-order valence-electron chi connectivity index (χ3n) is 9.81. The van der Waals surface area contributed by atoms with Gasteiger partial charge in [0.1, 0.15) is 5.69 Å². The van der Waals surface area contributed by atoms with Gasteiger partial charge < -0.3 is 14.4 Å². The van der Waals surface area contributed by atoms with E-state index < -0.39 is 5.76 Å². The van der Waals surface area contributed by atoms with Gasteiger partial charge >= 0.3 is 5.76 Å². The van der Waals surface area contributed by atoms with Crippen LogP contribution in [0.15, 0.2) is 33.8 Å². The highest BCUT2D eigenvalue weighted by Crippen LogP contribution is 2.38. The Morgan fingerprint density at radius 1 is 1.09 bits per heavy atom. The van der Waals surface area contributed by atoms with Gasteiger partial charge in [0.25, 0.3) is 0 Å². The molecule has 1 saturated heterocycles. The summed E-state index contributed by atoms with van der Waals surface area (Å²) in [4.78, 5) is 46.3. The Kier molecular flexibility index (Phi) is 9.26. The first-order valence-electron chi connectivity index (χ1n) is 16.4. The Bertz CT molecular complexity index is 1710. The summed E-state index contributed by atoms with van der Waals surface area (Å²) < 4.78 is 7.14. The van der Waals surface area contributed by atoms with Gasteiger partial charge in [0, 0.05) is 50.6 Å². The quantitative estimate of drug-likeness (QED) is 0.227. The van der Waals surface area contributed by atoms with Gasteiger partial charge in [0.05, 0.1) is 27.8 Å². The molecule has 4 aromatic rings. The first-order chi connectivity index (χ1) is 21.7. The van der Waals surface area contributed by atoms with Crippen LogP contribution in [0.2, 0.25) is 5.02 Å². The van der Waals surface area contributed by atoms with Gasteiger partial charge in [0.15, 0.2) is 0 Å². The molecule has 1 aliphatic heterocycles. The van der Waals surface area contributed by atoms with E-state index in [9.17, 15) is 9.59 Å². The average molecular weight is 635 g/mol. The SMILES string of the molecule is CCCC[C@@H]1[C@@H](C)N(c2nc3cc(-c4noc(=O)[nH]4)nc(-c4cncc(Cl)c4)c3n2CCC2CCC(C)CC2)CCN1C(C)=O. The van der Waals surface area contributed by atoms with Crippen LogP contribution in [0.4, 0.5) is 5.95 Å². The molecule has 0 aromatic carbocycles. The molecule has 0 bridgehead atoms. The van der Waals surface area contributed by atoms with Crippen molar-refractivity contribution in [2.75, 3.05) is 18.0 Å². The molecule has 0 spiro atoms. The number of carbonyl (C=O) groups excluding carboxylic acids is 1. The van der Waals surface area contributed by atoms with E-state index in [2.05, 4.69) is 45.4 Å². The molecular formula is C33H43ClN8O3. The number of fused-ring (bicyclic) bond motifs is 1. The highest BCUT2D eigenvalue weighted by Gasteiger charge is 2.37. The van der Waals surface area contributed by atoms with Gasteiger partial charge in [-0.2, -0.15) is 0 Å². The smallest absolute Gasteiger partial charge is 0.336 e. The minimum atomic E-state index is -0.652. The van der Waals surface area contributed by atoms with Crippen LogP contribution >= 0.6 is 11.6 Å². The Labute approximate surface area is 268 Å². The van der Waals surface area contributed by atoms with Crippen molar-refractivity contribution in [1.29, 1.82) is 0 Å². The van der Waals surface area contributed by atoms with Gasteiger partial charge in [-0.3, -0.25) is 19.3 Å². The molecule has 12 heteroatoms. The van der Waals surface area contributed by atoms with E-state index in [0.29, 0.717) is 35.4 Å². The molecule has 1 amide bonds. The number of hydrogen-bond acceptors (Lipinski definition) is 8. The van der Waals surface area contributed by atoms with E-state index in [1.807, 2.05) is 17.0 Å². The third kappa shape index (κ3) is 6.50. The van der Waals surface area contributed by atoms with Crippen molar-refractivity contribution in [3.63, 3.8) is 0 Å². The summed E-state index contributed by atoms with van der Waals surface area (Å²) >= 11 is 6.44. The molecule has 4 aromatic heterocycles. The van der Waals surface area contributed by atoms with Gasteiger partial charge in [-0.15, -0.1) is 0 Å². The van der Waals surface area contributed by atoms with E-state index >= 15 is 0 Å². The number of unbranched alkanes of at least 4 members (excludes halogenated alkanes) is 1. The molecule has 2 aliphatic rings. The van der Waals surface area contributed by atoms with Gasteiger partial charge in [-0.25, -0.2) is 14.8 Å². The summed E-state index contributed by atoms with van der Waals surface area (Å²) in [5.41, 5.74) is 3.47. The van der Waals surface area contributed by atoms with Crippen molar-refractivity contribution < 1.29 is 9.32 Å². The largest absolute Gasteiger partial charge is 0.439 e. The Morgan fingerprint density at radius 2 is 1.89 bits per heavy atom. The zero-order chi connectivity index (χ0) is 31.7. The van der Waals surface area contributed by atoms with Gasteiger partial charge in [0.2, 0.25) is 17.7 Å². The fourth-order valence-corrected chi connectivity index (χ4v) is 7.42. The van der Waals surface area contributed by atoms with Crippen molar-refractivity contribution >= 4 is 34.5 Å². The number of H-pyrrole nitrogens is 1. The second kappa shape index (κ2) is 13.3. The summed E-state index contributed by atoms with van der Waals surface area (Å²) in [6, 6.07) is 3.86. The minimum Gasteiger partial charge on any atom is -0.336 e. The highest BCUT2D eigenvalue weighted by atomic mass is 35.5. The molecule has 5 heterocycles. The fourth-order valence-electron chi connectivity index (χ4n) is 7.25. The number of aromatic nitrogens is 6. The molecule has 1 aliphatic carbocycles. The maximum atomic E-state index is 12.7. The number of aryl methyl sites for hydroxylation is 1. The number of aromatic amines is 1. The maximum absolute atomic E-state index is 12.7. The first-order valence-corrected chi connectivity index (χ1v) is 16.7. The number of hydrogen-bond donors (Lipinski definition) is 1. The second-order valence-electron chi connectivity index (χ2n) is 12.9. The lowest BCUT2D eigenvalue weighted by molar-refractivity contribution is -0.132. The van der Waals surface area contributed by atoms with Crippen molar-refractivity contribution in [3.8, 4) is 22.8 Å². The summed E-state index contributed by atoms with van der Waals surface area (Å²) in [5.74, 6) is 2.01. The third-order valence-corrected chi connectivity index (χ3v) is 10.0. The topological polar surface area (TPSA) is 126 Å². The van der Waals surface area contributed by atoms with Crippen LogP contribution in [-0.2, 0) is 11.3 Å². The number of carbonyl (C=O) groups is 1. The molecular weight excluding hydrogens is 592 g/mol. The Balaban J connectivity index is 1.51. The van der Waals surface area contributed by atoms with Crippen molar-refractivity contribution in [2.45, 2.75) is 97.7 Å². The minimum absolute atomic E-state index is 0.0657. The number of amides is 1. The van der Waals surface area contributed by atoms with Crippen molar-refractivity contribution in [1.82, 2.24) is 34.6 Å². The molecule has 2 fully saturated rings. The fraction of sp³-hybridized carbons (Fsp3) is 0.576. The number of piperazine rings is 1. The number of rotatable bonds is 9. The molecule has 1 saturated carbocycles. The Hall–Kier alpha value is -3.73. The van der Waals surface area contributed by atoms with Crippen LogP contribution in [0.25, 0.3) is 33.8 Å². The maximum Gasteiger partial charge on any atom is 0.439 e. The molecule has 6 rings (SSSR count). The van der Waals surface area contributed by atoms with Crippen LogP contribution in [0.5, 0.6) is 0 Å². The summed E-state index contributed by atoms with van der Waals surface area (Å²) in [7, 11) is 0. The normalized spacial score (nSPS) is 22.3. The van der Waals surface area contributed by atoms with Crippen LogP contribution in [0, 0.1) is 11.8 Å². The van der Waals surface area contributed by atoms with E-state index in [0.717, 1.165) is 60.7 Å². The van der Waals surface area contributed by atoms with Crippen molar-refractivity contribution in [3.05, 3.63) is 40.1 Å². The lowest BCUT2D eigenvalue weighted by Crippen LogP contribution is -2.60. The van der Waals surface area contributed by atoms with Crippen molar-refractivity contribution in [2.24, 2.45) is 11.8 Å². The number of nitrogens with one attached hydrogen (secondary N) is 1. The van der Waals surface area contributed by atoms with E-state index in [4.69, 9.17) is 26.1 Å². The lowest BCUT2D eigenvalue weighted by Gasteiger charge is -2.46. The molecule has 2 atom stereocenters. The predicted octanol–water partition coefficient (Wildman–Crippen LogP) is 6.32. The van der Waals surface area contributed by atoms with Crippen LogP contribution in [0.1, 0.15) is 79.1 Å². The monoisotopic (exact) mass is 634 g/mol. The van der Waals surface area contributed by atoms with Gasteiger partial charge in [-0.05, 0) is 43.7 Å². The molecule has 11 nitrogen and oxygen atoms in total. The van der Waals surface area contributed by atoms with E-state index in [1.165, 1.54) is 25.7 Å². The Morgan fingerprint density at radius 3 is 2.58 bits per heavy atom. The highest BCUT2D eigenvalue weighted by molar-refractivity contribution is 6.30.